The minimum absolute atomic E-state index is 0.517. The fraction of sp³-hybridized carbons (Fsp3) is 0.500. The summed E-state index contributed by atoms with van der Waals surface area (Å²) in [7, 11) is 0. The first-order valence-corrected chi connectivity index (χ1v) is 7.52. The van der Waals surface area contributed by atoms with Gasteiger partial charge < -0.3 is 10.0 Å². The summed E-state index contributed by atoms with van der Waals surface area (Å²) in [6, 6.07) is 1.86. The van der Waals surface area contributed by atoms with E-state index in [0.29, 0.717) is 18.2 Å². The molecular weight excluding hydrogens is 381 g/mol. The molecule has 0 bridgehead atoms. The van der Waals surface area contributed by atoms with Crippen molar-refractivity contribution in [3.63, 3.8) is 0 Å². The van der Waals surface area contributed by atoms with Gasteiger partial charge in [-0.3, -0.25) is 4.90 Å². The van der Waals surface area contributed by atoms with Crippen LogP contribution in [0, 0.1) is 3.57 Å². The minimum atomic E-state index is -0.823. The summed E-state index contributed by atoms with van der Waals surface area (Å²) in [6.07, 6.45) is 1.91. The summed E-state index contributed by atoms with van der Waals surface area (Å²) in [5.41, 5.74) is 1.19. The van der Waals surface area contributed by atoms with E-state index < -0.39 is 6.09 Å². The molecular formula is C12H15ClIN3O2. The average Bonchev–Trinajstić information content (AvgIpc) is 2.38. The van der Waals surface area contributed by atoms with E-state index in [1.165, 1.54) is 10.5 Å². The second-order valence-corrected chi connectivity index (χ2v) is 6.01. The molecule has 1 aromatic heterocycles. The van der Waals surface area contributed by atoms with Crippen molar-refractivity contribution >= 4 is 40.3 Å². The van der Waals surface area contributed by atoms with Crippen LogP contribution in [0.3, 0.4) is 0 Å². The number of hydrogen-bond donors (Lipinski definition) is 1. The highest BCUT2D eigenvalue weighted by Gasteiger charge is 2.20. The van der Waals surface area contributed by atoms with Crippen molar-refractivity contribution in [3.05, 3.63) is 26.5 Å². The molecule has 0 saturated carbocycles. The predicted octanol–water partition coefficient (Wildman–Crippen LogP) is 2.18. The summed E-state index contributed by atoms with van der Waals surface area (Å²) < 4.78 is 1.13. The summed E-state index contributed by atoms with van der Waals surface area (Å²) in [4.78, 5) is 18.6. The zero-order chi connectivity index (χ0) is 13.8. The van der Waals surface area contributed by atoms with Gasteiger partial charge in [-0.2, -0.15) is 0 Å². The molecule has 0 aliphatic carbocycles. The molecule has 1 saturated heterocycles. The molecule has 1 amide bonds. The van der Waals surface area contributed by atoms with Crippen molar-refractivity contribution in [1.29, 1.82) is 0 Å². The molecule has 2 heterocycles. The molecule has 19 heavy (non-hydrogen) atoms. The lowest BCUT2D eigenvalue weighted by molar-refractivity contribution is 0.106. The molecule has 5 nitrogen and oxygen atoms in total. The molecule has 0 atom stereocenters. The number of hydrogen-bond acceptors (Lipinski definition) is 3. The molecule has 1 fully saturated rings. The number of piperazine rings is 1. The first kappa shape index (κ1) is 14.8. The Hall–Kier alpha value is -0.600. The lowest BCUT2D eigenvalue weighted by Gasteiger charge is -2.33. The van der Waals surface area contributed by atoms with Gasteiger partial charge in [-0.1, -0.05) is 11.6 Å². The van der Waals surface area contributed by atoms with E-state index in [1.807, 2.05) is 12.3 Å². The van der Waals surface area contributed by atoms with Gasteiger partial charge in [0.25, 0.3) is 0 Å². The zero-order valence-electron chi connectivity index (χ0n) is 10.4. The fourth-order valence-corrected chi connectivity index (χ4v) is 3.11. The van der Waals surface area contributed by atoms with Gasteiger partial charge in [-0.15, -0.1) is 0 Å². The SMILES string of the molecule is O=C(O)N1CCN(CCc2cnc(Cl)cc2I)CC1. The standard InChI is InChI=1S/C12H15ClIN3O2/c13-11-7-10(14)9(8-15-11)1-2-16-3-5-17(6-4-16)12(18)19/h7-8H,1-6H2,(H,18,19). The van der Waals surface area contributed by atoms with Crippen LogP contribution >= 0.6 is 34.2 Å². The Kier molecular flexibility index (Phi) is 5.23. The maximum atomic E-state index is 10.8. The van der Waals surface area contributed by atoms with Crippen LogP contribution in [0.15, 0.2) is 12.3 Å². The molecule has 1 aromatic rings. The number of nitrogens with zero attached hydrogens (tertiary/aromatic N) is 3. The number of carbonyl (C=O) groups is 1. The first-order chi connectivity index (χ1) is 9.06. The monoisotopic (exact) mass is 395 g/mol. The Morgan fingerprint density at radius 1 is 1.42 bits per heavy atom. The van der Waals surface area contributed by atoms with Crippen molar-refractivity contribution < 1.29 is 9.90 Å². The Balaban J connectivity index is 1.82. The Labute approximate surface area is 130 Å². The van der Waals surface area contributed by atoms with Crippen LogP contribution in [-0.2, 0) is 6.42 Å². The van der Waals surface area contributed by atoms with Crippen LogP contribution < -0.4 is 0 Å². The Morgan fingerprint density at radius 2 is 2.11 bits per heavy atom. The Bertz CT molecular complexity index is 464. The summed E-state index contributed by atoms with van der Waals surface area (Å²) in [5.74, 6) is 0. The second-order valence-electron chi connectivity index (χ2n) is 4.46. The fourth-order valence-electron chi connectivity index (χ4n) is 2.06. The summed E-state index contributed by atoms with van der Waals surface area (Å²) in [6.45, 7) is 3.69. The maximum absolute atomic E-state index is 10.8. The smallest absolute Gasteiger partial charge is 0.407 e. The number of carboxylic acid groups (broad SMARTS) is 1. The molecule has 104 valence electrons. The molecule has 1 aliphatic heterocycles. The number of aromatic nitrogens is 1. The van der Waals surface area contributed by atoms with Crippen LogP contribution in [0.1, 0.15) is 5.56 Å². The van der Waals surface area contributed by atoms with Gasteiger partial charge in [-0.05, 0) is 40.6 Å². The second kappa shape index (κ2) is 6.71. The zero-order valence-corrected chi connectivity index (χ0v) is 13.3. The minimum Gasteiger partial charge on any atom is -0.465 e. The van der Waals surface area contributed by atoms with Gasteiger partial charge in [-0.25, -0.2) is 9.78 Å². The molecule has 0 spiro atoms. The average molecular weight is 396 g/mol. The number of rotatable bonds is 3. The van der Waals surface area contributed by atoms with E-state index in [2.05, 4.69) is 32.5 Å². The maximum Gasteiger partial charge on any atom is 0.407 e. The number of amides is 1. The van der Waals surface area contributed by atoms with Crippen molar-refractivity contribution in [3.8, 4) is 0 Å². The van der Waals surface area contributed by atoms with E-state index in [9.17, 15) is 4.79 Å². The van der Waals surface area contributed by atoms with E-state index >= 15 is 0 Å². The number of halogens is 2. The van der Waals surface area contributed by atoms with Crippen molar-refractivity contribution in [1.82, 2.24) is 14.8 Å². The van der Waals surface area contributed by atoms with Crippen molar-refractivity contribution in [2.24, 2.45) is 0 Å². The highest BCUT2D eigenvalue weighted by Crippen LogP contribution is 2.16. The highest BCUT2D eigenvalue weighted by molar-refractivity contribution is 14.1. The Morgan fingerprint density at radius 3 is 2.68 bits per heavy atom. The van der Waals surface area contributed by atoms with Crippen LogP contribution in [0.25, 0.3) is 0 Å². The summed E-state index contributed by atoms with van der Waals surface area (Å²) in [5, 5.41) is 9.40. The van der Waals surface area contributed by atoms with Crippen molar-refractivity contribution in [2.75, 3.05) is 32.7 Å². The third-order valence-electron chi connectivity index (χ3n) is 3.24. The molecule has 7 heteroatoms. The van der Waals surface area contributed by atoms with E-state index in [1.54, 1.807) is 0 Å². The van der Waals surface area contributed by atoms with E-state index in [4.69, 9.17) is 16.7 Å². The van der Waals surface area contributed by atoms with Crippen LogP contribution in [0.2, 0.25) is 5.15 Å². The largest absolute Gasteiger partial charge is 0.465 e. The van der Waals surface area contributed by atoms with Gasteiger partial charge in [0, 0.05) is 42.5 Å². The molecule has 2 rings (SSSR count). The highest BCUT2D eigenvalue weighted by atomic mass is 127. The molecule has 0 unspecified atom stereocenters. The number of pyridine rings is 1. The molecule has 1 aliphatic rings. The molecule has 0 aromatic carbocycles. The topological polar surface area (TPSA) is 56.7 Å². The third kappa shape index (κ3) is 4.19. The summed E-state index contributed by atoms with van der Waals surface area (Å²) >= 11 is 8.09. The van der Waals surface area contributed by atoms with Gasteiger partial charge in [0.05, 0.1) is 0 Å². The quantitative estimate of drug-likeness (QED) is 0.630. The normalized spacial score (nSPS) is 16.6. The van der Waals surface area contributed by atoms with Crippen molar-refractivity contribution in [2.45, 2.75) is 6.42 Å². The predicted molar refractivity (Wildman–Crippen MR) is 81.7 cm³/mol. The van der Waals surface area contributed by atoms with Gasteiger partial charge in [0.15, 0.2) is 0 Å². The van der Waals surface area contributed by atoms with E-state index in [-0.39, 0.29) is 0 Å². The third-order valence-corrected chi connectivity index (χ3v) is 4.45. The lowest BCUT2D eigenvalue weighted by Crippen LogP contribution is -2.48. The van der Waals surface area contributed by atoms with Crippen LogP contribution in [0.4, 0.5) is 4.79 Å². The van der Waals surface area contributed by atoms with Gasteiger partial charge in [0.2, 0.25) is 0 Å². The van der Waals surface area contributed by atoms with E-state index in [0.717, 1.165) is 29.6 Å². The van der Waals surface area contributed by atoms with Crippen LogP contribution in [-0.4, -0.2) is 58.7 Å². The molecule has 1 N–H and O–H groups in total. The molecule has 0 radical (unpaired) electrons. The first-order valence-electron chi connectivity index (χ1n) is 6.06. The van der Waals surface area contributed by atoms with Gasteiger partial charge >= 0.3 is 6.09 Å². The lowest BCUT2D eigenvalue weighted by atomic mass is 10.2. The van der Waals surface area contributed by atoms with Crippen LogP contribution in [0.5, 0.6) is 0 Å². The van der Waals surface area contributed by atoms with Gasteiger partial charge in [0.1, 0.15) is 5.15 Å².